The fraction of sp³-hybridized carbons (Fsp3) is 0.250. The van der Waals surface area contributed by atoms with Gasteiger partial charge < -0.3 is 15.2 Å². The summed E-state index contributed by atoms with van der Waals surface area (Å²) >= 11 is 2.51. The molecule has 2 aromatic rings. The standard InChI is InChI=1S/C24H22N2O6S2/c1-2-32-24(31)15-10-6-7-11-16(15)34-17-13-33-22-19(21(28)26(22)20(17)23(29)30)25-18(27)12-14-8-4-3-5-9-14/h3-11,19,22H,2,12-13H2,1H3,(H,25,27)(H,29,30)/t19-,22-/m1/s1. The molecule has 2 aliphatic rings. The van der Waals surface area contributed by atoms with Gasteiger partial charge in [0.05, 0.1) is 18.6 Å². The molecule has 2 amide bonds. The number of benzene rings is 2. The molecule has 0 aromatic heterocycles. The summed E-state index contributed by atoms with van der Waals surface area (Å²) < 4.78 is 5.10. The van der Waals surface area contributed by atoms with Crippen LogP contribution in [0.3, 0.4) is 0 Å². The Balaban J connectivity index is 1.52. The Morgan fingerprint density at radius 1 is 1.15 bits per heavy atom. The number of carboxylic acid groups (broad SMARTS) is 1. The van der Waals surface area contributed by atoms with Crippen LogP contribution in [0.2, 0.25) is 0 Å². The zero-order valence-corrected chi connectivity index (χ0v) is 19.9. The van der Waals surface area contributed by atoms with E-state index in [1.165, 1.54) is 16.7 Å². The largest absolute Gasteiger partial charge is 0.477 e. The Hall–Kier alpha value is -3.24. The molecule has 2 heterocycles. The lowest BCUT2D eigenvalue weighted by Gasteiger charge is -2.49. The van der Waals surface area contributed by atoms with Gasteiger partial charge in [-0.2, -0.15) is 0 Å². The highest BCUT2D eigenvalue weighted by Gasteiger charge is 2.54. The maximum absolute atomic E-state index is 12.9. The van der Waals surface area contributed by atoms with Gasteiger partial charge in [-0.05, 0) is 24.6 Å². The molecule has 176 valence electrons. The molecule has 4 rings (SSSR count). The van der Waals surface area contributed by atoms with Crippen LogP contribution in [-0.4, -0.2) is 57.5 Å². The molecule has 0 spiro atoms. The molecule has 1 fully saturated rings. The normalized spacial score (nSPS) is 19.2. The van der Waals surface area contributed by atoms with E-state index in [1.54, 1.807) is 31.2 Å². The minimum absolute atomic E-state index is 0.119. The van der Waals surface area contributed by atoms with E-state index < -0.39 is 29.3 Å². The molecule has 2 aromatic carbocycles. The van der Waals surface area contributed by atoms with Crippen molar-refractivity contribution in [2.45, 2.75) is 29.7 Å². The number of carboxylic acids is 1. The number of hydrogen-bond donors (Lipinski definition) is 2. The van der Waals surface area contributed by atoms with Crippen LogP contribution in [0.15, 0.2) is 70.1 Å². The average molecular weight is 499 g/mol. The molecule has 2 atom stereocenters. The monoisotopic (exact) mass is 498 g/mol. The second-order valence-electron chi connectivity index (χ2n) is 7.51. The van der Waals surface area contributed by atoms with Crippen molar-refractivity contribution in [3.05, 3.63) is 76.3 Å². The molecule has 34 heavy (non-hydrogen) atoms. The number of β-lactam (4-membered cyclic amide) rings is 1. The lowest BCUT2D eigenvalue weighted by atomic mass is 10.0. The average Bonchev–Trinajstić information content (AvgIpc) is 2.83. The van der Waals surface area contributed by atoms with Crippen molar-refractivity contribution >= 4 is 47.3 Å². The predicted molar refractivity (Wildman–Crippen MR) is 128 cm³/mol. The minimum atomic E-state index is -1.23. The van der Waals surface area contributed by atoms with E-state index in [9.17, 15) is 24.3 Å². The van der Waals surface area contributed by atoms with Crippen molar-refractivity contribution in [2.24, 2.45) is 0 Å². The smallest absolute Gasteiger partial charge is 0.353 e. The van der Waals surface area contributed by atoms with Crippen LogP contribution in [0.1, 0.15) is 22.8 Å². The highest BCUT2D eigenvalue weighted by molar-refractivity contribution is 8.06. The topological polar surface area (TPSA) is 113 Å². The molecule has 0 bridgehead atoms. The summed E-state index contributed by atoms with van der Waals surface area (Å²) in [5, 5.41) is 12.1. The lowest BCUT2D eigenvalue weighted by Crippen LogP contribution is -2.70. The van der Waals surface area contributed by atoms with Crippen molar-refractivity contribution in [3.63, 3.8) is 0 Å². The summed E-state index contributed by atoms with van der Waals surface area (Å²) in [6, 6.07) is 15.2. The number of fused-ring (bicyclic) bond motifs is 1. The maximum atomic E-state index is 12.9. The van der Waals surface area contributed by atoms with Gasteiger partial charge >= 0.3 is 11.9 Å². The van der Waals surface area contributed by atoms with Gasteiger partial charge in [-0.15, -0.1) is 11.8 Å². The highest BCUT2D eigenvalue weighted by Crippen LogP contribution is 2.45. The van der Waals surface area contributed by atoms with Crippen LogP contribution in [-0.2, 0) is 25.5 Å². The fourth-order valence-electron chi connectivity index (χ4n) is 3.74. The first-order valence-corrected chi connectivity index (χ1v) is 12.5. The van der Waals surface area contributed by atoms with Crippen molar-refractivity contribution in [1.29, 1.82) is 0 Å². The quantitative estimate of drug-likeness (QED) is 0.422. The first-order valence-electron chi connectivity index (χ1n) is 10.6. The zero-order chi connectivity index (χ0) is 24.2. The number of ether oxygens (including phenoxy) is 1. The molecule has 0 unspecified atom stereocenters. The molecule has 10 heteroatoms. The number of carbonyl (C=O) groups excluding carboxylic acids is 3. The number of esters is 1. The third-order valence-corrected chi connectivity index (χ3v) is 7.90. The number of thioether (sulfide) groups is 2. The van der Waals surface area contributed by atoms with E-state index in [4.69, 9.17) is 4.74 Å². The summed E-state index contributed by atoms with van der Waals surface area (Å²) in [5.41, 5.74) is 1.04. The third kappa shape index (κ3) is 4.83. The van der Waals surface area contributed by atoms with Crippen LogP contribution in [0.25, 0.3) is 0 Å². The Kier molecular flexibility index (Phi) is 7.28. The van der Waals surface area contributed by atoms with E-state index in [-0.39, 0.29) is 24.6 Å². The molecule has 8 nitrogen and oxygen atoms in total. The Morgan fingerprint density at radius 3 is 2.56 bits per heavy atom. The molecular formula is C24H22N2O6S2. The SMILES string of the molecule is CCOC(=O)c1ccccc1SC1=C(C(=O)O)N2C(=O)[C@@H](NC(=O)Cc3ccccc3)[C@H]2SC1. The first-order chi connectivity index (χ1) is 16.4. The highest BCUT2D eigenvalue weighted by atomic mass is 32.2. The number of aliphatic carboxylic acids is 1. The predicted octanol–water partition coefficient (Wildman–Crippen LogP) is 2.89. The minimum Gasteiger partial charge on any atom is -0.477 e. The van der Waals surface area contributed by atoms with Gasteiger partial charge in [0, 0.05) is 15.6 Å². The molecule has 0 aliphatic carbocycles. The fourth-order valence-corrected chi connectivity index (χ4v) is 6.33. The van der Waals surface area contributed by atoms with Crippen LogP contribution >= 0.6 is 23.5 Å². The Morgan fingerprint density at radius 2 is 1.85 bits per heavy atom. The summed E-state index contributed by atoms with van der Waals surface area (Å²) in [6.45, 7) is 1.93. The van der Waals surface area contributed by atoms with Gasteiger partial charge in [0.15, 0.2) is 0 Å². The molecule has 1 saturated heterocycles. The van der Waals surface area contributed by atoms with Crippen LogP contribution in [0.5, 0.6) is 0 Å². The van der Waals surface area contributed by atoms with E-state index in [1.807, 2.05) is 30.3 Å². The first kappa shape index (κ1) is 23.9. The number of carbonyl (C=O) groups is 4. The van der Waals surface area contributed by atoms with Gasteiger partial charge in [-0.3, -0.25) is 14.5 Å². The van der Waals surface area contributed by atoms with E-state index in [2.05, 4.69) is 5.32 Å². The lowest BCUT2D eigenvalue weighted by molar-refractivity contribution is -0.150. The number of rotatable bonds is 8. The molecule has 2 N–H and O–H groups in total. The number of hydrogen-bond acceptors (Lipinski definition) is 7. The van der Waals surface area contributed by atoms with Gasteiger partial charge in [-0.1, -0.05) is 54.2 Å². The molecule has 0 radical (unpaired) electrons. The van der Waals surface area contributed by atoms with E-state index in [0.717, 1.165) is 17.3 Å². The van der Waals surface area contributed by atoms with Crippen molar-refractivity contribution in [2.75, 3.05) is 12.4 Å². The van der Waals surface area contributed by atoms with E-state index >= 15 is 0 Å². The molecular weight excluding hydrogens is 476 g/mol. The van der Waals surface area contributed by atoms with Gasteiger partial charge in [0.2, 0.25) is 5.91 Å². The zero-order valence-electron chi connectivity index (χ0n) is 18.2. The molecule has 2 aliphatic heterocycles. The number of nitrogens with one attached hydrogen (secondary N) is 1. The maximum Gasteiger partial charge on any atom is 0.353 e. The number of nitrogens with zero attached hydrogens (tertiary/aromatic N) is 1. The van der Waals surface area contributed by atoms with Crippen LogP contribution in [0.4, 0.5) is 0 Å². The third-order valence-electron chi connectivity index (χ3n) is 5.28. The second-order valence-corrected chi connectivity index (χ2v) is 9.75. The van der Waals surface area contributed by atoms with Gasteiger partial charge in [-0.25, -0.2) is 9.59 Å². The van der Waals surface area contributed by atoms with Gasteiger partial charge in [0.1, 0.15) is 17.1 Å². The molecule has 0 saturated carbocycles. The Bertz CT molecular complexity index is 1170. The summed E-state index contributed by atoms with van der Waals surface area (Å²) in [4.78, 5) is 52.0. The Labute approximate surface area is 204 Å². The summed E-state index contributed by atoms with van der Waals surface area (Å²) in [5.74, 6) is -2.17. The summed E-state index contributed by atoms with van der Waals surface area (Å²) in [6.07, 6.45) is 0.134. The van der Waals surface area contributed by atoms with Crippen molar-refractivity contribution in [3.8, 4) is 0 Å². The van der Waals surface area contributed by atoms with Gasteiger partial charge in [0.25, 0.3) is 5.91 Å². The van der Waals surface area contributed by atoms with Crippen LogP contribution in [0, 0.1) is 0 Å². The number of amides is 2. The van der Waals surface area contributed by atoms with Crippen molar-refractivity contribution < 1.29 is 29.0 Å². The van der Waals surface area contributed by atoms with Crippen LogP contribution < -0.4 is 5.32 Å². The van der Waals surface area contributed by atoms with Crippen molar-refractivity contribution in [1.82, 2.24) is 10.2 Å². The van der Waals surface area contributed by atoms with E-state index in [0.29, 0.717) is 21.1 Å². The second kappa shape index (κ2) is 10.4. The summed E-state index contributed by atoms with van der Waals surface area (Å²) in [7, 11) is 0.